The third-order valence-electron chi connectivity index (χ3n) is 11.4. The summed E-state index contributed by atoms with van der Waals surface area (Å²) in [7, 11) is 0. The number of rotatable bonds is 5. The van der Waals surface area contributed by atoms with Crippen LogP contribution in [0.25, 0.3) is 65.3 Å². The average Bonchev–Trinajstić information content (AvgIpc) is 3.64. The molecule has 2 unspecified atom stereocenters. The fourth-order valence-electron chi connectivity index (χ4n) is 8.84. The van der Waals surface area contributed by atoms with E-state index in [0.717, 1.165) is 0 Å². The highest BCUT2D eigenvalue weighted by Gasteiger charge is 2.39. The molecule has 2 heteroatoms. The molecular weight excluding hydrogens is 671 g/mol. The first kappa shape index (κ1) is 31.2. The molecule has 9 aromatic rings. The Labute approximate surface area is 319 Å². The van der Waals surface area contributed by atoms with E-state index in [9.17, 15) is 0 Å². The predicted octanol–water partition coefficient (Wildman–Crippen LogP) is 14.5. The Hall–Kier alpha value is -6.35. The van der Waals surface area contributed by atoms with E-state index >= 15 is 0 Å². The maximum absolute atomic E-state index is 2.57. The second-order valence-corrected chi connectivity index (χ2v) is 15.5. The minimum Gasteiger partial charge on any atom is -0.334 e. The molecule has 11 rings (SSSR count). The van der Waals surface area contributed by atoms with Gasteiger partial charge in [-0.25, -0.2) is 0 Å². The first-order chi connectivity index (χ1) is 26.8. The minimum atomic E-state index is 0.100. The second-order valence-electron chi connectivity index (χ2n) is 14.4. The fourth-order valence-corrected chi connectivity index (χ4v) is 10.2. The molecule has 9 aromatic carbocycles. The monoisotopic (exact) mass is 705 g/mol. The molecule has 0 saturated carbocycles. The van der Waals surface area contributed by atoms with Gasteiger partial charge >= 0.3 is 0 Å². The van der Waals surface area contributed by atoms with Crippen molar-refractivity contribution in [3.63, 3.8) is 0 Å². The maximum Gasteiger partial charge on any atom is 0.0640 e. The Morgan fingerprint density at radius 2 is 1.06 bits per heavy atom. The molecule has 0 spiro atoms. The predicted molar refractivity (Wildman–Crippen MR) is 232 cm³/mol. The van der Waals surface area contributed by atoms with E-state index in [-0.39, 0.29) is 12.0 Å². The van der Waals surface area contributed by atoms with Crippen molar-refractivity contribution in [2.45, 2.75) is 16.9 Å². The van der Waals surface area contributed by atoms with Gasteiger partial charge in [0.1, 0.15) is 0 Å². The number of hydrogen-bond donors (Lipinski definition) is 0. The van der Waals surface area contributed by atoms with Crippen molar-refractivity contribution in [2.75, 3.05) is 4.90 Å². The van der Waals surface area contributed by atoms with Crippen molar-refractivity contribution in [1.29, 1.82) is 0 Å². The molecule has 0 fully saturated rings. The summed E-state index contributed by atoms with van der Waals surface area (Å²) in [4.78, 5) is 5.37. The number of anilines is 2. The summed E-state index contributed by atoms with van der Waals surface area (Å²) in [6.07, 6.45) is 7.00. The van der Waals surface area contributed by atoms with E-state index in [1.54, 1.807) is 0 Å². The van der Waals surface area contributed by atoms with Crippen LogP contribution in [0.5, 0.6) is 0 Å². The van der Waals surface area contributed by atoms with Gasteiger partial charge in [-0.1, -0.05) is 176 Å². The summed E-state index contributed by atoms with van der Waals surface area (Å²) in [5.41, 5.74) is 8.75. The average molecular weight is 706 g/mol. The van der Waals surface area contributed by atoms with Gasteiger partial charge < -0.3 is 4.90 Å². The van der Waals surface area contributed by atoms with Crippen LogP contribution in [0.3, 0.4) is 0 Å². The number of fused-ring (bicyclic) bond motifs is 9. The summed E-state index contributed by atoms with van der Waals surface area (Å²) >= 11 is 1.95. The molecule has 0 saturated heterocycles. The standard InChI is InChI=1S/C52H35NS/c1-2-11-34(12-3-1)35-23-27-41(28-24-35)53(49-19-10-20-50-51(49)47-30-26-36-13-4-7-16-44(36)52(47)54-50)42-29-25-37-31-40(22-21-38(37)32-42)48-33-39-14-5-6-15-43(39)45-17-8-9-18-46(45)48/h1-33,49,51H. The van der Waals surface area contributed by atoms with E-state index in [1.807, 2.05) is 11.8 Å². The quantitative estimate of drug-likeness (QED) is 0.164. The maximum atomic E-state index is 2.57. The zero-order valence-electron chi connectivity index (χ0n) is 29.6. The van der Waals surface area contributed by atoms with Crippen LogP contribution in [-0.2, 0) is 0 Å². The molecule has 1 aliphatic carbocycles. The molecule has 1 nitrogen and oxygen atoms in total. The van der Waals surface area contributed by atoms with E-state index in [1.165, 1.54) is 92.1 Å². The summed E-state index contributed by atoms with van der Waals surface area (Å²) in [5, 5.41) is 10.3. The lowest BCUT2D eigenvalue weighted by Gasteiger charge is -2.38. The van der Waals surface area contributed by atoms with E-state index in [0.29, 0.717) is 0 Å². The molecule has 0 N–H and O–H groups in total. The van der Waals surface area contributed by atoms with Gasteiger partial charge in [0.25, 0.3) is 0 Å². The summed E-state index contributed by atoms with van der Waals surface area (Å²) < 4.78 is 0. The van der Waals surface area contributed by atoms with Gasteiger partial charge in [0, 0.05) is 22.2 Å². The number of benzene rings is 9. The Morgan fingerprint density at radius 3 is 1.91 bits per heavy atom. The molecule has 0 amide bonds. The molecule has 0 radical (unpaired) electrons. The third-order valence-corrected chi connectivity index (χ3v) is 12.7. The Kier molecular flexibility index (Phi) is 7.31. The first-order valence-electron chi connectivity index (χ1n) is 18.7. The zero-order valence-corrected chi connectivity index (χ0v) is 30.4. The smallest absolute Gasteiger partial charge is 0.0640 e. The van der Waals surface area contributed by atoms with Gasteiger partial charge in [-0.3, -0.25) is 0 Å². The van der Waals surface area contributed by atoms with Crippen molar-refractivity contribution in [3.8, 4) is 22.3 Å². The molecule has 1 aliphatic heterocycles. The van der Waals surface area contributed by atoms with Gasteiger partial charge in [0.2, 0.25) is 0 Å². The van der Waals surface area contributed by atoms with Gasteiger partial charge in [0.05, 0.1) is 6.04 Å². The highest BCUT2D eigenvalue weighted by atomic mass is 32.2. The van der Waals surface area contributed by atoms with Crippen molar-refractivity contribution in [2.24, 2.45) is 0 Å². The number of hydrogen-bond acceptors (Lipinski definition) is 2. The Balaban J connectivity index is 1.04. The molecule has 0 aromatic heterocycles. The highest BCUT2D eigenvalue weighted by Crippen LogP contribution is 2.56. The van der Waals surface area contributed by atoms with Gasteiger partial charge in [-0.15, -0.1) is 0 Å². The normalized spacial score (nSPS) is 16.1. The topological polar surface area (TPSA) is 3.24 Å². The van der Waals surface area contributed by atoms with Crippen LogP contribution in [0.15, 0.2) is 210 Å². The molecule has 1 heterocycles. The minimum absolute atomic E-state index is 0.100. The van der Waals surface area contributed by atoms with Crippen LogP contribution in [0.4, 0.5) is 11.4 Å². The van der Waals surface area contributed by atoms with Gasteiger partial charge in [0.15, 0.2) is 0 Å². The van der Waals surface area contributed by atoms with Gasteiger partial charge in [-0.05, 0) is 112 Å². The van der Waals surface area contributed by atoms with Crippen LogP contribution < -0.4 is 4.90 Å². The van der Waals surface area contributed by atoms with E-state index in [4.69, 9.17) is 0 Å². The number of nitrogens with zero attached hydrogens (tertiary/aromatic N) is 1. The number of thioether (sulfide) groups is 1. The van der Waals surface area contributed by atoms with E-state index < -0.39 is 0 Å². The van der Waals surface area contributed by atoms with Gasteiger partial charge in [-0.2, -0.15) is 0 Å². The molecule has 0 bridgehead atoms. The van der Waals surface area contributed by atoms with Crippen LogP contribution in [0, 0.1) is 0 Å². The van der Waals surface area contributed by atoms with Crippen LogP contribution in [0.1, 0.15) is 11.5 Å². The Morgan fingerprint density at radius 1 is 0.426 bits per heavy atom. The molecule has 2 atom stereocenters. The zero-order chi connectivity index (χ0) is 35.6. The second kappa shape index (κ2) is 12.7. The Bertz CT molecular complexity index is 2980. The SMILES string of the molecule is C1=CC(N(c2ccc(-c3ccccc3)cc2)c2ccc3cc(-c4cc5ccccc5c5ccccc45)ccc3c2)C2C(=C1)Sc1c2ccc2ccccc12. The summed E-state index contributed by atoms with van der Waals surface area (Å²) in [6, 6.07) is 67.3. The van der Waals surface area contributed by atoms with Crippen molar-refractivity contribution < 1.29 is 0 Å². The lowest BCUT2D eigenvalue weighted by Crippen LogP contribution is -2.35. The lowest BCUT2D eigenvalue weighted by molar-refractivity contribution is 0.683. The lowest BCUT2D eigenvalue weighted by atomic mass is 9.85. The molecule has 54 heavy (non-hydrogen) atoms. The fraction of sp³-hybridized carbons (Fsp3) is 0.0385. The molecule has 2 aliphatic rings. The van der Waals surface area contributed by atoms with Crippen molar-refractivity contribution in [1.82, 2.24) is 0 Å². The van der Waals surface area contributed by atoms with Crippen molar-refractivity contribution >= 4 is 66.2 Å². The van der Waals surface area contributed by atoms with Crippen LogP contribution in [0.2, 0.25) is 0 Å². The van der Waals surface area contributed by atoms with E-state index in [2.05, 4.69) is 205 Å². The third kappa shape index (κ3) is 5.10. The van der Waals surface area contributed by atoms with Crippen molar-refractivity contribution in [3.05, 3.63) is 211 Å². The molecule has 254 valence electrons. The highest BCUT2D eigenvalue weighted by molar-refractivity contribution is 8.03. The summed E-state index contributed by atoms with van der Waals surface area (Å²) in [6.45, 7) is 0. The first-order valence-corrected chi connectivity index (χ1v) is 19.6. The largest absolute Gasteiger partial charge is 0.334 e. The van der Waals surface area contributed by atoms with Crippen LogP contribution in [-0.4, -0.2) is 6.04 Å². The molecular formula is C52H35NS. The van der Waals surface area contributed by atoms with Crippen LogP contribution >= 0.6 is 11.8 Å². The number of allylic oxidation sites excluding steroid dienone is 2. The summed E-state index contributed by atoms with van der Waals surface area (Å²) in [5.74, 6) is 0.229.